The summed E-state index contributed by atoms with van der Waals surface area (Å²) in [5.41, 5.74) is 0.259. The summed E-state index contributed by atoms with van der Waals surface area (Å²) in [5.74, 6) is -0.261. The van der Waals surface area contributed by atoms with Gasteiger partial charge in [0, 0.05) is 10.5 Å². The molecule has 0 saturated heterocycles. The molecule has 3 aromatic carbocycles. The summed E-state index contributed by atoms with van der Waals surface area (Å²) in [6.07, 6.45) is 0.431. The molecule has 0 bridgehead atoms. The molecule has 2 nitrogen and oxygen atoms in total. The number of rotatable bonds is 7. The van der Waals surface area contributed by atoms with E-state index in [1.165, 1.54) is 0 Å². The number of carbonyl (C=O) groups is 1. The van der Waals surface area contributed by atoms with E-state index >= 15 is 4.39 Å². The van der Waals surface area contributed by atoms with Crippen LogP contribution in [0, 0.1) is 0 Å². The van der Waals surface area contributed by atoms with Crippen molar-refractivity contribution < 1.29 is 9.18 Å². The van der Waals surface area contributed by atoms with Gasteiger partial charge >= 0.3 is 0 Å². The highest BCUT2D eigenvalue weighted by molar-refractivity contribution is 7.99. The molecule has 132 valence electrons. The average molecular weight is 365 g/mol. The first-order valence-electron chi connectivity index (χ1n) is 8.48. The van der Waals surface area contributed by atoms with Crippen LogP contribution in [0.2, 0.25) is 0 Å². The monoisotopic (exact) mass is 365 g/mol. The summed E-state index contributed by atoms with van der Waals surface area (Å²) in [4.78, 5) is 13.4. The van der Waals surface area contributed by atoms with Gasteiger partial charge in [-0.15, -0.1) is 0 Å². The Balaban J connectivity index is 1.75. The summed E-state index contributed by atoms with van der Waals surface area (Å²) in [7, 11) is 0. The number of hydrogen-bond acceptors (Lipinski definition) is 2. The molecule has 0 radical (unpaired) electrons. The number of hydrogen-bond donors (Lipinski definition) is 1. The second kappa shape index (κ2) is 9.20. The molecule has 4 heteroatoms. The molecule has 0 aliphatic heterocycles. The van der Waals surface area contributed by atoms with Crippen LogP contribution >= 0.6 is 11.8 Å². The van der Waals surface area contributed by atoms with E-state index in [0.717, 1.165) is 22.2 Å². The van der Waals surface area contributed by atoms with Gasteiger partial charge in [-0.25, -0.2) is 4.39 Å². The molecule has 3 aromatic rings. The first kappa shape index (κ1) is 18.2. The van der Waals surface area contributed by atoms with Crippen LogP contribution in [-0.4, -0.2) is 17.5 Å². The topological polar surface area (TPSA) is 29.1 Å². The second-order valence-electron chi connectivity index (χ2n) is 5.92. The molecule has 26 heavy (non-hydrogen) atoms. The molecule has 0 saturated carbocycles. The third-order valence-electron chi connectivity index (χ3n) is 3.96. The van der Waals surface area contributed by atoms with Crippen LogP contribution in [0.3, 0.4) is 0 Å². The van der Waals surface area contributed by atoms with Crippen molar-refractivity contribution in [1.82, 2.24) is 5.32 Å². The Morgan fingerprint density at radius 1 is 0.846 bits per heavy atom. The molecular weight excluding hydrogens is 345 g/mol. The first-order valence-corrected chi connectivity index (χ1v) is 9.36. The molecule has 0 spiro atoms. The van der Waals surface area contributed by atoms with Crippen molar-refractivity contribution in [2.75, 3.05) is 0 Å². The minimum absolute atomic E-state index is 0.261. The molecule has 0 aliphatic rings. The van der Waals surface area contributed by atoms with E-state index in [0.29, 0.717) is 12.0 Å². The Hall–Kier alpha value is -2.59. The van der Waals surface area contributed by atoms with Crippen LogP contribution in [0.5, 0.6) is 0 Å². The van der Waals surface area contributed by atoms with Gasteiger partial charge in [-0.3, -0.25) is 4.79 Å². The van der Waals surface area contributed by atoms with Crippen molar-refractivity contribution in [3.05, 3.63) is 102 Å². The number of alkyl halides is 1. The lowest BCUT2D eigenvalue weighted by Crippen LogP contribution is -2.42. The van der Waals surface area contributed by atoms with Crippen molar-refractivity contribution in [2.24, 2.45) is 0 Å². The van der Waals surface area contributed by atoms with Crippen molar-refractivity contribution in [1.29, 1.82) is 0 Å². The Bertz CT molecular complexity index is 811. The fourth-order valence-electron chi connectivity index (χ4n) is 2.63. The fraction of sp³-hybridized carbons (Fsp3) is 0.136. The lowest BCUT2D eigenvalue weighted by atomic mass is 10.1. The lowest BCUT2D eigenvalue weighted by Gasteiger charge is -2.22. The summed E-state index contributed by atoms with van der Waals surface area (Å²) in [5, 5.41) is 2.87. The number of halogens is 1. The van der Waals surface area contributed by atoms with E-state index in [1.54, 1.807) is 24.3 Å². The normalized spacial score (nSPS) is 13.0. The highest BCUT2D eigenvalue weighted by Gasteiger charge is 2.25. The van der Waals surface area contributed by atoms with Crippen LogP contribution in [0.1, 0.15) is 15.9 Å². The third-order valence-corrected chi connectivity index (χ3v) is 5.06. The zero-order chi connectivity index (χ0) is 18.2. The average Bonchev–Trinajstić information content (AvgIpc) is 2.69. The standard InChI is InChI=1S/C22H20FNOS/c23-21(26-19-14-8-3-9-15-19)20(16-17-10-4-1-5-11-17)24-22(25)18-12-6-2-7-13-18/h1-15,20-21H,16H2,(H,24,25)/t20-,21?/m0/s1. The second-order valence-corrected chi connectivity index (χ2v) is 7.08. The quantitative estimate of drug-likeness (QED) is 0.589. The highest BCUT2D eigenvalue weighted by Crippen LogP contribution is 2.27. The summed E-state index contributed by atoms with van der Waals surface area (Å²) >= 11 is 1.13. The molecular formula is C22H20FNOS. The zero-order valence-electron chi connectivity index (χ0n) is 14.2. The summed E-state index contributed by atoms with van der Waals surface area (Å²) in [6, 6.07) is 27.3. The van der Waals surface area contributed by atoms with E-state index in [2.05, 4.69) is 5.32 Å². The molecule has 3 rings (SSSR count). The predicted molar refractivity (Wildman–Crippen MR) is 105 cm³/mol. The van der Waals surface area contributed by atoms with Crippen LogP contribution in [0.15, 0.2) is 95.9 Å². The van der Waals surface area contributed by atoms with Crippen LogP contribution in [0.25, 0.3) is 0 Å². The largest absolute Gasteiger partial charge is 0.345 e. The van der Waals surface area contributed by atoms with Gasteiger partial charge in [0.15, 0.2) is 5.50 Å². The van der Waals surface area contributed by atoms with Gasteiger partial charge in [-0.05, 0) is 36.2 Å². The van der Waals surface area contributed by atoms with Gasteiger partial charge in [-0.2, -0.15) is 0 Å². The number of nitrogens with one attached hydrogen (secondary N) is 1. The van der Waals surface area contributed by atoms with E-state index in [1.807, 2.05) is 66.7 Å². The van der Waals surface area contributed by atoms with Gasteiger partial charge in [0.2, 0.25) is 0 Å². The molecule has 0 heterocycles. The molecule has 0 fully saturated rings. The molecule has 1 amide bonds. The van der Waals surface area contributed by atoms with Crippen LogP contribution in [0.4, 0.5) is 4.39 Å². The summed E-state index contributed by atoms with van der Waals surface area (Å²) < 4.78 is 15.1. The Labute approximate surface area is 157 Å². The van der Waals surface area contributed by atoms with Gasteiger partial charge in [-0.1, -0.05) is 78.5 Å². The van der Waals surface area contributed by atoms with Crippen molar-refractivity contribution in [2.45, 2.75) is 22.9 Å². The third kappa shape index (κ3) is 5.20. The number of amides is 1. The first-order chi connectivity index (χ1) is 12.7. The van der Waals surface area contributed by atoms with Gasteiger partial charge in [0.05, 0.1) is 6.04 Å². The van der Waals surface area contributed by atoms with Crippen molar-refractivity contribution >= 4 is 17.7 Å². The molecule has 2 atom stereocenters. The fourth-order valence-corrected chi connectivity index (χ4v) is 3.53. The minimum atomic E-state index is -1.26. The molecule has 1 N–H and O–H groups in total. The van der Waals surface area contributed by atoms with Crippen molar-refractivity contribution in [3.8, 4) is 0 Å². The summed E-state index contributed by atoms with van der Waals surface area (Å²) in [6.45, 7) is 0. The Morgan fingerprint density at radius 3 is 2.00 bits per heavy atom. The van der Waals surface area contributed by atoms with E-state index in [4.69, 9.17) is 0 Å². The van der Waals surface area contributed by atoms with Gasteiger partial charge < -0.3 is 5.32 Å². The smallest absolute Gasteiger partial charge is 0.251 e. The van der Waals surface area contributed by atoms with Crippen molar-refractivity contribution in [3.63, 3.8) is 0 Å². The molecule has 0 aliphatic carbocycles. The van der Waals surface area contributed by atoms with E-state index in [-0.39, 0.29) is 5.91 Å². The maximum Gasteiger partial charge on any atom is 0.251 e. The Kier molecular flexibility index (Phi) is 6.45. The molecule has 1 unspecified atom stereocenters. The Morgan fingerprint density at radius 2 is 1.38 bits per heavy atom. The number of thioether (sulfide) groups is 1. The predicted octanol–water partition coefficient (Wildman–Crippen LogP) is 5.12. The van der Waals surface area contributed by atoms with Gasteiger partial charge in [0.1, 0.15) is 0 Å². The van der Waals surface area contributed by atoms with Gasteiger partial charge in [0.25, 0.3) is 5.91 Å². The van der Waals surface area contributed by atoms with E-state index in [9.17, 15) is 4.79 Å². The maximum absolute atomic E-state index is 15.1. The molecule has 0 aromatic heterocycles. The lowest BCUT2D eigenvalue weighted by molar-refractivity contribution is 0.0925. The van der Waals surface area contributed by atoms with E-state index < -0.39 is 11.5 Å². The van der Waals surface area contributed by atoms with Crippen LogP contribution in [-0.2, 0) is 6.42 Å². The SMILES string of the molecule is O=C(N[C@@H](Cc1ccccc1)C(F)Sc1ccccc1)c1ccccc1. The van der Waals surface area contributed by atoms with Crippen LogP contribution < -0.4 is 5.32 Å². The maximum atomic E-state index is 15.1. The minimum Gasteiger partial charge on any atom is -0.345 e. The highest BCUT2D eigenvalue weighted by atomic mass is 32.2. The number of carbonyl (C=O) groups excluding carboxylic acids is 1. The zero-order valence-corrected chi connectivity index (χ0v) is 15.0. The number of benzene rings is 3.